The van der Waals surface area contributed by atoms with Gasteiger partial charge in [-0.3, -0.25) is 4.98 Å². The normalized spacial score (nSPS) is 19.2. The van der Waals surface area contributed by atoms with Crippen molar-refractivity contribution in [1.82, 2.24) is 4.98 Å². The van der Waals surface area contributed by atoms with Crippen molar-refractivity contribution >= 4 is 0 Å². The quantitative estimate of drug-likeness (QED) is 0.362. The van der Waals surface area contributed by atoms with Crippen LogP contribution in [0.3, 0.4) is 0 Å². The first kappa shape index (κ1) is 21.9. The Bertz CT molecular complexity index is 683. The Morgan fingerprint density at radius 1 is 0.828 bits per heavy atom. The van der Waals surface area contributed by atoms with Crippen LogP contribution in [0.25, 0.3) is 11.3 Å². The van der Waals surface area contributed by atoms with Gasteiger partial charge in [0.2, 0.25) is 0 Å². The molecule has 29 heavy (non-hydrogen) atoms. The zero-order valence-electron chi connectivity index (χ0n) is 18.5. The molecule has 1 heterocycles. The molecule has 1 aliphatic carbocycles. The molecule has 0 unspecified atom stereocenters. The summed E-state index contributed by atoms with van der Waals surface area (Å²) in [5.41, 5.74) is 3.50. The number of aromatic nitrogens is 1. The first-order valence-electron chi connectivity index (χ1n) is 12.0. The molecule has 2 heteroatoms. The second-order valence-electron chi connectivity index (χ2n) is 8.87. The highest BCUT2D eigenvalue weighted by molar-refractivity contribution is 5.60. The van der Waals surface area contributed by atoms with Crippen LogP contribution in [-0.4, -0.2) is 11.6 Å². The van der Waals surface area contributed by atoms with Crippen LogP contribution in [0.15, 0.2) is 42.6 Å². The van der Waals surface area contributed by atoms with E-state index in [1.807, 2.05) is 6.20 Å². The Kier molecular flexibility index (Phi) is 9.05. The Labute approximate surface area is 178 Å². The summed E-state index contributed by atoms with van der Waals surface area (Å²) < 4.78 is 6.12. The highest BCUT2D eigenvalue weighted by Crippen LogP contribution is 2.32. The van der Waals surface area contributed by atoms with E-state index in [0.717, 1.165) is 48.3 Å². The number of benzene rings is 1. The third kappa shape index (κ3) is 7.17. The number of rotatable bonds is 11. The van der Waals surface area contributed by atoms with Crippen molar-refractivity contribution in [3.8, 4) is 17.0 Å². The van der Waals surface area contributed by atoms with Crippen molar-refractivity contribution in [3.63, 3.8) is 0 Å². The molecule has 1 saturated carbocycles. The molecule has 1 fully saturated rings. The highest BCUT2D eigenvalue weighted by Gasteiger charge is 2.21. The molecule has 3 rings (SSSR count). The highest BCUT2D eigenvalue weighted by atomic mass is 16.5. The molecule has 2 aromatic rings. The largest absolute Gasteiger partial charge is 0.493 e. The zero-order valence-corrected chi connectivity index (χ0v) is 18.5. The van der Waals surface area contributed by atoms with E-state index >= 15 is 0 Å². The first-order chi connectivity index (χ1) is 14.3. The molecule has 0 spiro atoms. The van der Waals surface area contributed by atoms with Crippen LogP contribution >= 0.6 is 0 Å². The van der Waals surface area contributed by atoms with Crippen molar-refractivity contribution in [2.75, 3.05) is 6.61 Å². The van der Waals surface area contributed by atoms with Crippen molar-refractivity contribution < 1.29 is 4.74 Å². The van der Waals surface area contributed by atoms with Gasteiger partial charge in [0.05, 0.1) is 12.3 Å². The fourth-order valence-electron chi connectivity index (χ4n) is 4.51. The number of aryl methyl sites for hydroxylation is 1. The number of hydrogen-bond donors (Lipinski definition) is 0. The van der Waals surface area contributed by atoms with E-state index in [9.17, 15) is 0 Å². The molecule has 0 amide bonds. The van der Waals surface area contributed by atoms with Gasteiger partial charge < -0.3 is 4.74 Å². The summed E-state index contributed by atoms with van der Waals surface area (Å²) in [7, 11) is 0. The molecular weight excluding hydrogens is 354 g/mol. The van der Waals surface area contributed by atoms with E-state index in [1.54, 1.807) is 0 Å². The van der Waals surface area contributed by atoms with Gasteiger partial charge in [-0.15, -0.1) is 0 Å². The van der Waals surface area contributed by atoms with E-state index in [1.165, 1.54) is 63.4 Å². The van der Waals surface area contributed by atoms with Gasteiger partial charge in [0.15, 0.2) is 0 Å². The minimum Gasteiger partial charge on any atom is -0.493 e. The average molecular weight is 394 g/mol. The third-order valence-electron chi connectivity index (χ3n) is 6.43. The van der Waals surface area contributed by atoms with Crippen LogP contribution in [0.2, 0.25) is 0 Å². The van der Waals surface area contributed by atoms with Gasteiger partial charge in [-0.05, 0) is 67.0 Å². The molecule has 2 nitrogen and oxygen atoms in total. The lowest BCUT2D eigenvalue weighted by Crippen LogP contribution is -2.20. The SMILES string of the molecule is CCCCCC[C@H]1CC[C@H](COc2ccc(-c3ccc(CCC)cn3)cc2)CC1. The van der Waals surface area contributed by atoms with Crippen molar-refractivity contribution in [2.45, 2.75) is 84.5 Å². The predicted molar refractivity (Wildman–Crippen MR) is 123 cm³/mol. The lowest BCUT2D eigenvalue weighted by Gasteiger charge is -2.28. The van der Waals surface area contributed by atoms with Crippen LogP contribution in [0, 0.1) is 11.8 Å². The van der Waals surface area contributed by atoms with E-state index < -0.39 is 0 Å². The summed E-state index contributed by atoms with van der Waals surface area (Å²) in [6.07, 6.45) is 16.8. The Balaban J connectivity index is 1.39. The van der Waals surface area contributed by atoms with E-state index in [0.29, 0.717) is 0 Å². The number of nitrogens with zero attached hydrogens (tertiary/aromatic N) is 1. The van der Waals surface area contributed by atoms with Gasteiger partial charge in [-0.1, -0.05) is 71.3 Å². The molecule has 0 aliphatic heterocycles. The molecule has 0 N–H and O–H groups in total. The minimum atomic E-state index is 0.731. The molecule has 1 aromatic carbocycles. The van der Waals surface area contributed by atoms with Gasteiger partial charge in [-0.25, -0.2) is 0 Å². The summed E-state index contributed by atoms with van der Waals surface area (Å²) in [5, 5.41) is 0. The van der Waals surface area contributed by atoms with E-state index in [2.05, 4.69) is 55.2 Å². The van der Waals surface area contributed by atoms with Crippen LogP contribution < -0.4 is 4.74 Å². The Morgan fingerprint density at radius 2 is 1.59 bits per heavy atom. The van der Waals surface area contributed by atoms with Gasteiger partial charge in [0, 0.05) is 11.8 Å². The van der Waals surface area contributed by atoms with Crippen LogP contribution in [-0.2, 0) is 6.42 Å². The number of pyridine rings is 1. The fourth-order valence-corrected chi connectivity index (χ4v) is 4.51. The van der Waals surface area contributed by atoms with Gasteiger partial charge >= 0.3 is 0 Å². The second kappa shape index (κ2) is 12.0. The minimum absolute atomic E-state index is 0.731. The number of hydrogen-bond acceptors (Lipinski definition) is 2. The Hall–Kier alpha value is -1.83. The molecular formula is C27H39NO. The van der Waals surface area contributed by atoms with Crippen LogP contribution in [0.4, 0.5) is 0 Å². The van der Waals surface area contributed by atoms with Gasteiger partial charge in [-0.2, -0.15) is 0 Å². The van der Waals surface area contributed by atoms with Gasteiger partial charge in [0.1, 0.15) is 5.75 Å². The monoisotopic (exact) mass is 393 g/mol. The van der Waals surface area contributed by atoms with Crippen LogP contribution in [0.1, 0.15) is 83.6 Å². The molecule has 0 radical (unpaired) electrons. The molecule has 0 bridgehead atoms. The van der Waals surface area contributed by atoms with Crippen molar-refractivity contribution in [3.05, 3.63) is 48.2 Å². The summed E-state index contributed by atoms with van der Waals surface area (Å²) in [4.78, 5) is 4.61. The molecule has 1 aliphatic rings. The average Bonchev–Trinajstić information content (AvgIpc) is 2.77. The predicted octanol–water partition coefficient (Wildman–Crippen LogP) is 7.86. The first-order valence-corrected chi connectivity index (χ1v) is 12.0. The lowest BCUT2D eigenvalue weighted by molar-refractivity contribution is 0.177. The summed E-state index contributed by atoms with van der Waals surface area (Å²) in [6.45, 7) is 5.36. The third-order valence-corrected chi connectivity index (χ3v) is 6.43. The fraction of sp³-hybridized carbons (Fsp3) is 0.593. The summed E-state index contributed by atoms with van der Waals surface area (Å²) >= 11 is 0. The van der Waals surface area contributed by atoms with Gasteiger partial charge in [0.25, 0.3) is 0 Å². The van der Waals surface area contributed by atoms with Crippen molar-refractivity contribution in [2.24, 2.45) is 11.8 Å². The number of ether oxygens (including phenoxy) is 1. The van der Waals surface area contributed by atoms with Crippen molar-refractivity contribution in [1.29, 1.82) is 0 Å². The maximum Gasteiger partial charge on any atom is 0.119 e. The van der Waals surface area contributed by atoms with E-state index in [-0.39, 0.29) is 0 Å². The molecule has 0 atom stereocenters. The second-order valence-corrected chi connectivity index (χ2v) is 8.87. The van der Waals surface area contributed by atoms with E-state index in [4.69, 9.17) is 4.74 Å². The van der Waals surface area contributed by atoms with Crippen LogP contribution in [0.5, 0.6) is 5.75 Å². The summed E-state index contributed by atoms with van der Waals surface area (Å²) in [6, 6.07) is 12.8. The molecule has 1 aromatic heterocycles. The number of unbranched alkanes of at least 4 members (excludes halogenated alkanes) is 3. The summed E-state index contributed by atoms with van der Waals surface area (Å²) in [5.74, 6) is 2.69. The topological polar surface area (TPSA) is 22.1 Å². The lowest BCUT2D eigenvalue weighted by atomic mass is 9.80. The molecule has 0 saturated heterocycles. The molecule has 158 valence electrons. The standard InChI is InChI=1S/C27H39NO/c1-3-5-6-7-9-22-10-12-24(13-11-22)21-29-26-17-15-25(16-18-26)27-19-14-23(8-4-2)20-28-27/h14-20,22,24H,3-13,21H2,1-2H3/t22-,24-. The Morgan fingerprint density at radius 3 is 2.24 bits per heavy atom. The zero-order chi connectivity index (χ0) is 20.3. The smallest absolute Gasteiger partial charge is 0.119 e. The maximum atomic E-state index is 6.12. The maximum absolute atomic E-state index is 6.12.